The summed E-state index contributed by atoms with van der Waals surface area (Å²) < 4.78 is 53.3. The Morgan fingerprint density at radius 2 is 1.86 bits per heavy atom. The fourth-order valence-corrected chi connectivity index (χ4v) is 3.12. The average molecular weight is 413 g/mol. The van der Waals surface area contributed by atoms with E-state index in [9.17, 15) is 17.6 Å². The summed E-state index contributed by atoms with van der Waals surface area (Å²) in [5, 5.41) is 9.38. The van der Waals surface area contributed by atoms with Crippen molar-refractivity contribution in [1.82, 2.24) is 15.2 Å². The third-order valence-corrected chi connectivity index (χ3v) is 4.37. The van der Waals surface area contributed by atoms with Gasteiger partial charge in [0.05, 0.1) is 17.3 Å². The molecule has 0 spiro atoms. The summed E-state index contributed by atoms with van der Waals surface area (Å²) in [7, 11) is 0. The number of rotatable bonds is 1. The maximum absolute atomic E-state index is 14.0. The van der Waals surface area contributed by atoms with Crippen molar-refractivity contribution in [1.29, 1.82) is 0 Å². The summed E-state index contributed by atoms with van der Waals surface area (Å²) in [6.07, 6.45) is -3.01. The van der Waals surface area contributed by atoms with Crippen molar-refractivity contribution in [2.24, 2.45) is 10.1 Å². The number of hydrogen-bond acceptors (Lipinski definition) is 5. The Labute approximate surface area is 168 Å². The van der Waals surface area contributed by atoms with Crippen LogP contribution >= 0.6 is 0 Å². The highest BCUT2D eigenvalue weighted by Gasteiger charge is 2.38. The van der Waals surface area contributed by atoms with Gasteiger partial charge in [-0.2, -0.15) is 18.3 Å². The standard InChI is InChI=1S/C17H21F4N5.C3H6/c1-10(2)24-26-11(3)12-8-14(18)13(17(19,20)21)9-15(12)23-16(26)25-6-4-22-5-7-25;1-3-2/h8-9,11,22H,4-7H2,1-3H3;3H,1H2,2H3. The number of nitrogens with one attached hydrogen (secondary N) is 1. The third kappa shape index (κ3) is 5.35. The van der Waals surface area contributed by atoms with Gasteiger partial charge in [-0.25, -0.2) is 14.4 Å². The first-order valence-corrected chi connectivity index (χ1v) is 9.43. The SMILES string of the molecule is C=CC.CC(C)=NN1C(N2CCNCC2)=Nc2cc(C(F)(F)F)c(F)cc2C1C. The smallest absolute Gasteiger partial charge is 0.338 e. The number of allylic oxidation sites excluding steroid dienone is 1. The van der Waals surface area contributed by atoms with Crippen molar-refractivity contribution >= 4 is 17.4 Å². The van der Waals surface area contributed by atoms with E-state index in [0.717, 1.165) is 30.9 Å². The molecule has 1 fully saturated rings. The number of halogens is 4. The van der Waals surface area contributed by atoms with Crippen LogP contribution < -0.4 is 5.32 Å². The second-order valence-electron chi connectivity index (χ2n) is 7.01. The first-order valence-electron chi connectivity index (χ1n) is 9.43. The second kappa shape index (κ2) is 9.39. The lowest BCUT2D eigenvalue weighted by Crippen LogP contribution is -2.52. The Morgan fingerprint density at radius 3 is 2.38 bits per heavy atom. The van der Waals surface area contributed by atoms with E-state index in [4.69, 9.17) is 0 Å². The lowest BCUT2D eigenvalue weighted by molar-refractivity contribution is -0.139. The van der Waals surface area contributed by atoms with Crippen LogP contribution in [0.1, 0.15) is 44.9 Å². The molecular weight excluding hydrogens is 386 g/mol. The van der Waals surface area contributed by atoms with Gasteiger partial charge in [0.2, 0.25) is 5.96 Å². The van der Waals surface area contributed by atoms with E-state index in [1.54, 1.807) is 18.0 Å². The Kier molecular flexibility index (Phi) is 7.40. The molecule has 1 atom stereocenters. The van der Waals surface area contributed by atoms with Crippen molar-refractivity contribution in [2.45, 2.75) is 39.9 Å². The van der Waals surface area contributed by atoms with Crippen LogP contribution in [0.5, 0.6) is 0 Å². The van der Waals surface area contributed by atoms with Crippen LogP contribution in [0.2, 0.25) is 0 Å². The molecule has 5 nitrogen and oxygen atoms in total. The lowest BCUT2D eigenvalue weighted by Gasteiger charge is -2.40. The summed E-state index contributed by atoms with van der Waals surface area (Å²) in [6, 6.07) is 1.29. The highest BCUT2D eigenvalue weighted by atomic mass is 19.4. The maximum atomic E-state index is 14.0. The number of benzene rings is 1. The molecule has 0 saturated carbocycles. The van der Waals surface area contributed by atoms with Crippen LogP contribution in [0.4, 0.5) is 23.2 Å². The first-order chi connectivity index (χ1) is 13.6. The monoisotopic (exact) mass is 413 g/mol. The molecule has 1 N–H and O–H groups in total. The summed E-state index contributed by atoms with van der Waals surface area (Å²) in [4.78, 5) is 6.42. The van der Waals surface area contributed by atoms with Crippen molar-refractivity contribution in [3.63, 3.8) is 0 Å². The number of hydrogen-bond donors (Lipinski definition) is 1. The minimum absolute atomic E-state index is 0.139. The van der Waals surface area contributed by atoms with Crippen molar-refractivity contribution in [2.75, 3.05) is 26.2 Å². The Morgan fingerprint density at radius 1 is 1.28 bits per heavy atom. The van der Waals surface area contributed by atoms with Gasteiger partial charge in [-0.3, -0.25) is 0 Å². The molecule has 2 aliphatic heterocycles. The fraction of sp³-hybridized carbons (Fsp3) is 0.500. The van der Waals surface area contributed by atoms with Crippen LogP contribution in [-0.2, 0) is 6.18 Å². The highest BCUT2D eigenvalue weighted by Crippen LogP contribution is 2.41. The van der Waals surface area contributed by atoms with E-state index in [1.807, 2.05) is 25.7 Å². The Balaban J connectivity index is 0.000000941. The number of aliphatic imine (C=N–C) groups is 1. The van der Waals surface area contributed by atoms with Crippen LogP contribution in [0, 0.1) is 5.82 Å². The predicted molar refractivity (Wildman–Crippen MR) is 108 cm³/mol. The molecule has 160 valence electrons. The Hall–Kier alpha value is -2.42. The second-order valence-corrected chi connectivity index (χ2v) is 7.01. The molecule has 0 aromatic heterocycles. The summed E-state index contributed by atoms with van der Waals surface area (Å²) in [5.74, 6) is -0.798. The van der Waals surface area contributed by atoms with E-state index >= 15 is 0 Å². The van der Waals surface area contributed by atoms with Gasteiger partial charge in [-0.1, -0.05) is 6.08 Å². The topological polar surface area (TPSA) is 43.2 Å². The largest absolute Gasteiger partial charge is 0.419 e. The van der Waals surface area contributed by atoms with Crippen molar-refractivity contribution in [3.8, 4) is 0 Å². The zero-order valence-corrected chi connectivity index (χ0v) is 17.1. The first kappa shape index (κ1) is 22.9. The van der Waals surface area contributed by atoms with E-state index in [-0.39, 0.29) is 5.69 Å². The molecule has 1 saturated heterocycles. The van der Waals surface area contributed by atoms with Crippen molar-refractivity contribution < 1.29 is 17.6 Å². The number of alkyl halides is 3. The zero-order valence-electron chi connectivity index (χ0n) is 17.1. The Bertz CT molecular complexity index is 791. The molecule has 9 heteroatoms. The van der Waals surface area contributed by atoms with Crippen LogP contribution in [-0.4, -0.2) is 47.8 Å². The quantitative estimate of drug-likeness (QED) is 0.412. The number of piperazine rings is 1. The molecule has 0 radical (unpaired) electrons. The molecule has 3 rings (SSSR count). The van der Waals surface area contributed by atoms with Gasteiger partial charge in [0.25, 0.3) is 0 Å². The van der Waals surface area contributed by atoms with E-state index < -0.39 is 23.6 Å². The fourth-order valence-electron chi connectivity index (χ4n) is 3.12. The molecule has 0 bridgehead atoms. The zero-order chi connectivity index (χ0) is 21.8. The molecule has 2 heterocycles. The number of fused-ring (bicyclic) bond motifs is 1. The number of hydrazone groups is 1. The molecule has 0 amide bonds. The molecule has 1 aromatic carbocycles. The average Bonchev–Trinajstić information content (AvgIpc) is 2.64. The highest BCUT2D eigenvalue weighted by molar-refractivity contribution is 5.88. The minimum atomic E-state index is -4.76. The van der Waals surface area contributed by atoms with Crippen LogP contribution in [0.25, 0.3) is 0 Å². The molecule has 1 aromatic rings. The van der Waals surface area contributed by atoms with Gasteiger partial charge < -0.3 is 10.2 Å². The van der Waals surface area contributed by atoms with E-state index in [2.05, 4.69) is 22.0 Å². The summed E-state index contributed by atoms with van der Waals surface area (Å²) in [5.41, 5.74) is 0.00495. The minimum Gasteiger partial charge on any atom is -0.338 e. The van der Waals surface area contributed by atoms with E-state index in [0.29, 0.717) is 24.6 Å². The summed E-state index contributed by atoms with van der Waals surface area (Å²) in [6.45, 7) is 13.5. The molecule has 0 aliphatic carbocycles. The van der Waals surface area contributed by atoms with Crippen molar-refractivity contribution in [3.05, 3.63) is 41.7 Å². The van der Waals surface area contributed by atoms with Gasteiger partial charge in [-0.15, -0.1) is 6.58 Å². The normalized spacial score (nSPS) is 18.9. The molecule has 2 aliphatic rings. The lowest BCUT2D eigenvalue weighted by atomic mass is 10.0. The number of nitrogens with zero attached hydrogens (tertiary/aromatic N) is 4. The molecule has 1 unspecified atom stereocenters. The van der Waals surface area contributed by atoms with Gasteiger partial charge in [0, 0.05) is 37.5 Å². The number of guanidine groups is 1. The van der Waals surface area contributed by atoms with Gasteiger partial charge >= 0.3 is 6.18 Å². The van der Waals surface area contributed by atoms with E-state index in [1.165, 1.54) is 0 Å². The van der Waals surface area contributed by atoms with Crippen LogP contribution in [0.3, 0.4) is 0 Å². The summed E-state index contributed by atoms with van der Waals surface area (Å²) >= 11 is 0. The van der Waals surface area contributed by atoms with Gasteiger partial charge in [0.15, 0.2) is 0 Å². The van der Waals surface area contributed by atoms with Gasteiger partial charge in [-0.05, 0) is 39.8 Å². The molecule has 29 heavy (non-hydrogen) atoms. The third-order valence-electron chi connectivity index (χ3n) is 4.37. The predicted octanol–water partition coefficient (Wildman–Crippen LogP) is 4.70. The van der Waals surface area contributed by atoms with Gasteiger partial charge in [0.1, 0.15) is 5.82 Å². The molecular formula is C20H27F4N5. The van der Waals surface area contributed by atoms with Crippen LogP contribution in [0.15, 0.2) is 34.9 Å². The maximum Gasteiger partial charge on any atom is 0.419 e.